The first-order valence-electron chi connectivity index (χ1n) is 15.2. The maximum absolute atomic E-state index is 9.95. The number of phenols is 1. The average Bonchev–Trinajstić information content (AvgIpc) is 3.15. The second-order valence-corrected chi connectivity index (χ2v) is 10.6. The molecule has 0 aliphatic carbocycles. The van der Waals surface area contributed by atoms with Crippen molar-refractivity contribution < 1.29 is 19.3 Å². The third-order valence-corrected chi connectivity index (χ3v) is 7.45. The lowest BCUT2D eigenvalue weighted by atomic mass is 10.1. The van der Waals surface area contributed by atoms with Crippen LogP contribution in [-0.4, -0.2) is 42.1 Å². The van der Waals surface area contributed by atoms with Gasteiger partial charge < -0.3 is 19.3 Å². The van der Waals surface area contributed by atoms with E-state index >= 15 is 0 Å². The highest BCUT2D eigenvalue weighted by molar-refractivity contribution is 5.80. The van der Waals surface area contributed by atoms with Crippen molar-refractivity contribution in [1.82, 2.24) is 29.9 Å². The fourth-order valence-corrected chi connectivity index (χ4v) is 5.09. The summed E-state index contributed by atoms with van der Waals surface area (Å²) in [5.74, 6) is 3.10. The van der Waals surface area contributed by atoms with Gasteiger partial charge in [-0.25, -0.2) is 19.9 Å². The fourth-order valence-electron chi connectivity index (χ4n) is 5.09. The van der Waals surface area contributed by atoms with Gasteiger partial charge in [0.2, 0.25) is 11.8 Å². The van der Waals surface area contributed by atoms with Crippen LogP contribution in [0.15, 0.2) is 146 Å². The largest absolute Gasteiger partial charge is 0.507 e. The van der Waals surface area contributed by atoms with Crippen LogP contribution in [0.25, 0.3) is 44.3 Å². The van der Waals surface area contributed by atoms with Gasteiger partial charge in [0.05, 0.1) is 29.5 Å². The summed E-state index contributed by atoms with van der Waals surface area (Å²) in [7, 11) is 1.64. The van der Waals surface area contributed by atoms with E-state index in [0.717, 1.165) is 38.8 Å². The number of aromatic hydroxyl groups is 1. The Kier molecular flexibility index (Phi) is 8.91. The Balaban J connectivity index is 0.000000154. The van der Waals surface area contributed by atoms with Crippen LogP contribution >= 0.6 is 0 Å². The number of hydrogen-bond donors (Lipinski definition) is 1. The summed E-state index contributed by atoms with van der Waals surface area (Å²) in [4.78, 5) is 25.5. The van der Waals surface area contributed by atoms with E-state index in [9.17, 15) is 5.11 Å². The van der Waals surface area contributed by atoms with Gasteiger partial charge >= 0.3 is 0 Å². The fraction of sp³-hybridized carbons (Fsp3) is 0.0256. The molecule has 4 aromatic carbocycles. The lowest BCUT2D eigenvalue weighted by Crippen LogP contribution is -1.93. The number of ether oxygens (including phenoxy) is 3. The van der Waals surface area contributed by atoms with Crippen molar-refractivity contribution in [3.05, 3.63) is 146 Å². The molecule has 0 atom stereocenters. The molecular weight excluding hydrogens is 616 g/mol. The van der Waals surface area contributed by atoms with Crippen LogP contribution in [0.2, 0.25) is 0 Å². The predicted octanol–water partition coefficient (Wildman–Crippen LogP) is 8.68. The summed E-state index contributed by atoms with van der Waals surface area (Å²) < 4.78 is 17.1. The molecule has 0 bridgehead atoms. The molecule has 8 aromatic rings. The molecule has 8 rings (SSSR count). The number of rotatable bonds is 7. The van der Waals surface area contributed by atoms with Crippen molar-refractivity contribution in [2.45, 2.75) is 0 Å². The minimum Gasteiger partial charge on any atom is -0.507 e. The molecule has 49 heavy (non-hydrogen) atoms. The van der Waals surface area contributed by atoms with Crippen molar-refractivity contribution in [2.24, 2.45) is 0 Å². The smallest absolute Gasteiger partial charge is 0.222 e. The summed E-state index contributed by atoms with van der Waals surface area (Å²) in [6.45, 7) is 0. The average molecular weight is 645 g/mol. The van der Waals surface area contributed by atoms with Gasteiger partial charge in [0.15, 0.2) is 0 Å². The van der Waals surface area contributed by atoms with Crippen molar-refractivity contribution in [3.63, 3.8) is 0 Å². The molecule has 0 saturated carbocycles. The SMILES string of the molecule is COc1ccccc1-c1cc(Oc2ccc3cccnc3c2)ncn1.Oc1ccccc1-c1cc(Oc2ccc3cccnc3c2)ncn1. The van der Waals surface area contributed by atoms with Gasteiger partial charge in [0.1, 0.15) is 35.7 Å². The topological polar surface area (TPSA) is 125 Å². The standard InChI is InChI=1S/C20H15N3O2.C19H13N3O2/c1-24-19-7-3-2-6-16(19)18-12-20(23-13-22-18)25-15-9-8-14-5-4-10-21-17(14)11-15;23-18-6-2-1-5-15(18)17-11-19(22-12-21-17)24-14-8-7-13-4-3-9-20-16(13)10-14/h2-13H,1H3;1-12,23H. The Morgan fingerprint density at radius 2 is 1.02 bits per heavy atom. The van der Waals surface area contributed by atoms with E-state index in [4.69, 9.17) is 14.2 Å². The Labute approximate surface area is 281 Å². The van der Waals surface area contributed by atoms with Crippen LogP contribution in [-0.2, 0) is 0 Å². The van der Waals surface area contributed by atoms with Gasteiger partial charge in [-0.1, -0.05) is 36.4 Å². The zero-order valence-corrected chi connectivity index (χ0v) is 26.2. The highest BCUT2D eigenvalue weighted by Gasteiger charge is 2.10. The molecule has 0 aliphatic heterocycles. The molecule has 0 saturated heterocycles. The number of phenolic OH excluding ortho intramolecular Hbond substituents is 1. The zero-order chi connectivity index (χ0) is 33.4. The van der Waals surface area contributed by atoms with Crippen molar-refractivity contribution in [1.29, 1.82) is 0 Å². The number of para-hydroxylation sites is 2. The number of benzene rings is 4. The predicted molar refractivity (Wildman–Crippen MR) is 187 cm³/mol. The first-order chi connectivity index (χ1) is 24.1. The summed E-state index contributed by atoms with van der Waals surface area (Å²) in [6.07, 6.45) is 6.40. The molecule has 4 aromatic heterocycles. The lowest BCUT2D eigenvalue weighted by Gasteiger charge is -2.09. The summed E-state index contributed by atoms with van der Waals surface area (Å²) in [6, 6.07) is 37.4. The van der Waals surface area contributed by atoms with Crippen molar-refractivity contribution in [2.75, 3.05) is 7.11 Å². The van der Waals surface area contributed by atoms with E-state index in [2.05, 4.69) is 29.9 Å². The highest BCUT2D eigenvalue weighted by Crippen LogP contribution is 2.32. The molecule has 0 amide bonds. The summed E-state index contributed by atoms with van der Waals surface area (Å²) >= 11 is 0. The van der Waals surface area contributed by atoms with Crippen LogP contribution in [0.1, 0.15) is 0 Å². The van der Waals surface area contributed by atoms with E-state index in [1.165, 1.54) is 12.7 Å². The van der Waals surface area contributed by atoms with E-state index in [-0.39, 0.29) is 5.75 Å². The minimum atomic E-state index is 0.164. The monoisotopic (exact) mass is 644 g/mol. The van der Waals surface area contributed by atoms with E-state index in [1.54, 1.807) is 49.8 Å². The molecule has 0 fully saturated rings. The van der Waals surface area contributed by atoms with Crippen LogP contribution in [0.4, 0.5) is 0 Å². The third kappa shape index (κ3) is 7.23. The molecule has 0 spiro atoms. The number of fused-ring (bicyclic) bond motifs is 2. The molecule has 238 valence electrons. The molecular formula is C39H28N6O4. The number of aromatic nitrogens is 6. The van der Waals surface area contributed by atoms with Gasteiger partial charge in [0.25, 0.3) is 0 Å². The van der Waals surface area contributed by atoms with Crippen LogP contribution in [0.3, 0.4) is 0 Å². The first kappa shape index (κ1) is 30.7. The van der Waals surface area contributed by atoms with Gasteiger partial charge in [-0.3, -0.25) is 9.97 Å². The second kappa shape index (κ2) is 14.2. The Morgan fingerprint density at radius 1 is 0.490 bits per heavy atom. The Bertz CT molecular complexity index is 2390. The maximum Gasteiger partial charge on any atom is 0.222 e. The molecule has 10 nitrogen and oxygen atoms in total. The second-order valence-electron chi connectivity index (χ2n) is 10.6. The number of methoxy groups -OCH3 is 1. The quantitative estimate of drug-likeness (QED) is 0.180. The minimum absolute atomic E-state index is 0.164. The Morgan fingerprint density at radius 3 is 1.59 bits per heavy atom. The van der Waals surface area contributed by atoms with Crippen molar-refractivity contribution >= 4 is 21.8 Å². The van der Waals surface area contributed by atoms with Crippen LogP contribution in [0, 0.1) is 0 Å². The molecule has 0 unspecified atom stereocenters. The zero-order valence-electron chi connectivity index (χ0n) is 26.2. The van der Waals surface area contributed by atoms with Gasteiger partial charge in [0, 0.05) is 58.6 Å². The van der Waals surface area contributed by atoms with Crippen LogP contribution < -0.4 is 14.2 Å². The first-order valence-corrected chi connectivity index (χ1v) is 15.2. The molecule has 10 heteroatoms. The van der Waals surface area contributed by atoms with Gasteiger partial charge in [-0.05, 0) is 60.7 Å². The number of nitrogens with zero attached hydrogens (tertiary/aromatic N) is 6. The molecule has 1 N–H and O–H groups in total. The third-order valence-electron chi connectivity index (χ3n) is 7.45. The molecule has 0 aliphatic rings. The Hall–Kier alpha value is -6.94. The summed E-state index contributed by atoms with van der Waals surface area (Å²) in [5, 5.41) is 12.1. The van der Waals surface area contributed by atoms with Gasteiger partial charge in [-0.2, -0.15) is 0 Å². The summed E-state index contributed by atoms with van der Waals surface area (Å²) in [5.41, 5.74) is 4.57. The van der Waals surface area contributed by atoms with Crippen molar-refractivity contribution in [3.8, 4) is 57.3 Å². The lowest BCUT2D eigenvalue weighted by molar-refractivity contribution is 0.416. The van der Waals surface area contributed by atoms with Crippen LogP contribution in [0.5, 0.6) is 34.8 Å². The highest BCUT2D eigenvalue weighted by atomic mass is 16.5. The molecule has 0 radical (unpaired) electrons. The normalized spacial score (nSPS) is 10.6. The molecule has 4 heterocycles. The maximum atomic E-state index is 9.95. The van der Waals surface area contributed by atoms with E-state index in [0.29, 0.717) is 34.5 Å². The number of pyridine rings is 2. The van der Waals surface area contributed by atoms with E-state index in [1.807, 2.05) is 91.0 Å². The number of hydrogen-bond acceptors (Lipinski definition) is 10. The van der Waals surface area contributed by atoms with E-state index < -0.39 is 0 Å². The van der Waals surface area contributed by atoms with Gasteiger partial charge in [-0.15, -0.1) is 0 Å².